The maximum atomic E-state index is 13.3. The van der Waals surface area contributed by atoms with Crippen molar-refractivity contribution in [3.8, 4) is 16.3 Å². The Balaban J connectivity index is 1.43. The molecule has 0 amide bonds. The van der Waals surface area contributed by atoms with E-state index in [0.717, 1.165) is 21.4 Å². The number of thioether (sulfide) groups is 1. The largest absolute Gasteiger partial charge is 0.486 e. The van der Waals surface area contributed by atoms with Gasteiger partial charge in [-0.1, -0.05) is 53.2 Å². The van der Waals surface area contributed by atoms with Gasteiger partial charge in [-0.05, 0) is 25.1 Å². The summed E-state index contributed by atoms with van der Waals surface area (Å²) in [5.41, 5.74) is 3.33. The smallest absolute Gasteiger partial charge is 0.191 e. The van der Waals surface area contributed by atoms with Crippen molar-refractivity contribution in [2.75, 3.05) is 0 Å². The normalized spacial score (nSPS) is 11.0. The Morgan fingerprint density at radius 1 is 1.25 bits per heavy atom. The fourth-order valence-electron chi connectivity index (χ4n) is 2.98. The maximum Gasteiger partial charge on any atom is 0.191 e. The van der Waals surface area contributed by atoms with Crippen LogP contribution in [0.15, 0.2) is 65.7 Å². The van der Waals surface area contributed by atoms with E-state index in [1.54, 1.807) is 29.2 Å². The van der Waals surface area contributed by atoms with E-state index in [9.17, 15) is 4.39 Å². The molecule has 4 rings (SSSR count). The summed E-state index contributed by atoms with van der Waals surface area (Å²) in [7, 11) is 0. The molecule has 0 spiro atoms. The standard InChI is InChI=1S/C23H20ClFN4OS2/c1-3-9-29-21(12-30-18-7-8-20(25)19(24)11-18)27-28-23(29)32-14-17-13-31-22(26-17)16-6-4-5-15(2)10-16/h3-8,10-11,13H,1,9,12,14H2,2H3. The van der Waals surface area contributed by atoms with E-state index in [4.69, 9.17) is 21.3 Å². The molecule has 32 heavy (non-hydrogen) atoms. The summed E-state index contributed by atoms with van der Waals surface area (Å²) in [6.07, 6.45) is 1.78. The summed E-state index contributed by atoms with van der Waals surface area (Å²) in [5, 5.41) is 12.4. The van der Waals surface area contributed by atoms with E-state index in [-0.39, 0.29) is 11.6 Å². The van der Waals surface area contributed by atoms with Crippen molar-refractivity contribution in [1.82, 2.24) is 19.7 Å². The number of thiazole rings is 1. The molecule has 0 saturated carbocycles. The maximum absolute atomic E-state index is 13.3. The molecule has 0 fully saturated rings. The lowest BCUT2D eigenvalue weighted by molar-refractivity contribution is 0.288. The number of nitrogens with zero attached hydrogens (tertiary/aromatic N) is 4. The molecule has 0 saturated heterocycles. The van der Waals surface area contributed by atoms with Gasteiger partial charge in [0, 0.05) is 29.3 Å². The lowest BCUT2D eigenvalue weighted by atomic mass is 10.1. The zero-order valence-corrected chi connectivity index (χ0v) is 19.7. The number of rotatable bonds is 9. The SMILES string of the molecule is C=CCn1c(COc2ccc(F)c(Cl)c2)nnc1SCc1csc(-c2cccc(C)c2)n1. The zero-order chi connectivity index (χ0) is 22.5. The third-order valence-electron chi connectivity index (χ3n) is 4.53. The van der Waals surface area contributed by atoms with Crippen molar-refractivity contribution in [3.05, 3.63) is 88.4 Å². The molecule has 4 aromatic rings. The van der Waals surface area contributed by atoms with E-state index >= 15 is 0 Å². The first-order valence-corrected chi connectivity index (χ1v) is 12.0. The van der Waals surface area contributed by atoms with Gasteiger partial charge in [0.2, 0.25) is 0 Å². The first kappa shape index (κ1) is 22.5. The number of hydrogen-bond acceptors (Lipinski definition) is 6. The lowest BCUT2D eigenvalue weighted by Crippen LogP contribution is -2.07. The van der Waals surface area contributed by atoms with Crippen LogP contribution in [0.5, 0.6) is 5.75 Å². The molecular weight excluding hydrogens is 467 g/mol. The summed E-state index contributed by atoms with van der Waals surface area (Å²) in [4.78, 5) is 4.76. The topological polar surface area (TPSA) is 52.8 Å². The highest BCUT2D eigenvalue weighted by molar-refractivity contribution is 7.98. The molecule has 0 aliphatic heterocycles. The third-order valence-corrected chi connectivity index (χ3v) is 6.76. The molecule has 0 unspecified atom stereocenters. The van der Waals surface area contributed by atoms with Gasteiger partial charge in [0.1, 0.15) is 23.2 Å². The predicted molar refractivity (Wildman–Crippen MR) is 128 cm³/mol. The van der Waals surface area contributed by atoms with Crippen LogP contribution >= 0.6 is 34.7 Å². The Bertz CT molecular complexity index is 1240. The van der Waals surface area contributed by atoms with Gasteiger partial charge in [0.25, 0.3) is 0 Å². The summed E-state index contributed by atoms with van der Waals surface area (Å²) >= 11 is 9.01. The van der Waals surface area contributed by atoms with Gasteiger partial charge < -0.3 is 4.74 Å². The van der Waals surface area contributed by atoms with E-state index in [2.05, 4.69) is 47.3 Å². The fraction of sp³-hybridized carbons (Fsp3) is 0.174. The van der Waals surface area contributed by atoms with Gasteiger partial charge in [0.15, 0.2) is 11.0 Å². The van der Waals surface area contributed by atoms with Crippen LogP contribution in [0, 0.1) is 12.7 Å². The first-order valence-electron chi connectivity index (χ1n) is 9.78. The number of aryl methyl sites for hydroxylation is 1. The van der Waals surface area contributed by atoms with Crippen LogP contribution in [0.4, 0.5) is 4.39 Å². The summed E-state index contributed by atoms with van der Waals surface area (Å²) in [5.74, 6) is 1.29. The molecule has 0 atom stereocenters. The van der Waals surface area contributed by atoms with Crippen LogP contribution in [-0.2, 0) is 18.9 Å². The monoisotopic (exact) mass is 486 g/mol. The molecule has 164 valence electrons. The lowest BCUT2D eigenvalue weighted by Gasteiger charge is -2.09. The summed E-state index contributed by atoms with van der Waals surface area (Å²) in [6.45, 7) is 6.62. The highest BCUT2D eigenvalue weighted by Gasteiger charge is 2.14. The van der Waals surface area contributed by atoms with Crippen molar-refractivity contribution < 1.29 is 9.13 Å². The third kappa shape index (κ3) is 5.38. The van der Waals surface area contributed by atoms with E-state index in [1.807, 2.05) is 10.6 Å². The second kappa shape index (κ2) is 10.3. The second-order valence-electron chi connectivity index (χ2n) is 6.96. The Morgan fingerprint density at radius 2 is 2.12 bits per heavy atom. The number of halogens is 2. The number of aromatic nitrogens is 4. The number of allylic oxidation sites excluding steroid dienone is 1. The van der Waals surface area contributed by atoms with Crippen LogP contribution in [-0.4, -0.2) is 19.7 Å². The zero-order valence-electron chi connectivity index (χ0n) is 17.3. The van der Waals surface area contributed by atoms with Crippen LogP contribution in [0.25, 0.3) is 10.6 Å². The summed E-state index contributed by atoms with van der Waals surface area (Å²) in [6, 6.07) is 12.6. The molecular formula is C23H20ClFN4OS2. The fourth-order valence-corrected chi connectivity index (χ4v) is 4.93. The van der Waals surface area contributed by atoms with Crippen molar-refractivity contribution in [2.45, 2.75) is 31.0 Å². The molecule has 9 heteroatoms. The van der Waals surface area contributed by atoms with Crippen molar-refractivity contribution in [2.24, 2.45) is 0 Å². The van der Waals surface area contributed by atoms with E-state index in [0.29, 0.717) is 23.9 Å². The minimum Gasteiger partial charge on any atom is -0.486 e. The number of ether oxygens (including phenoxy) is 1. The van der Waals surface area contributed by atoms with Crippen molar-refractivity contribution in [1.29, 1.82) is 0 Å². The Kier molecular flexibility index (Phi) is 7.24. The molecule has 2 heterocycles. The molecule has 2 aromatic heterocycles. The average Bonchev–Trinajstić information content (AvgIpc) is 3.41. The Hall–Kier alpha value is -2.68. The van der Waals surface area contributed by atoms with Gasteiger partial charge in [0.05, 0.1) is 10.7 Å². The van der Waals surface area contributed by atoms with Gasteiger partial charge in [-0.3, -0.25) is 4.57 Å². The van der Waals surface area contributed by atoms with Gasteiger partial charge in [-0.2, -0.15) is 0 Å². The van der Waals surface area contributed by atoms with E-state index < -0.39 is 5.82 Å². The highest BCUT2D eigenvalue weighted by Crippen LogP contribution is 2.28. The van der Waals surface area contributed by atoms with Gasteiger partial charge in [-0.15, -0.1) is 28.1 Å². The predicted octanol–water partition coefficient (Wildman–Crippen LogP) is 6.56. The first-order chi connectivity index (χ1) is 15.5. The van der Waals surface area contributed by atoms with Crippen LogP contribution in [0.1, 0.15) is 17.1 Å². The van der Waals surface area contributed by atoms with Crippen molar-refractivity contribution >= 4 is 34.7 Å². The average molecular weight is 487 g/mol. The van der Waals surface area contributed by atoms with Crippen molar-refractivity contribution in [3.63, 3.8) is 0 Å². The molecule has 2 aromatic carbocycles. The summed E-state index contributed by atoms with van der Waals surface area (Å²) < 4.78 is 21.0. The molecule has 0 aliphatic carbocycles. The second-order valence-corrected chi connectivity index (χ2v) is 9.17. The van der Waals surface area contributed by atoms with Crippen LogP contribution in [0.3, 0.4) is 0 Å². The molecule has 0 bridgehead atoms. The molecule has 0 aliphatic rings. The van der Waals surface area contributed by atoms with Gasteiger partial charge >= 0.3 is 0 Å². The van der Waals surface area contributed by atoms with Gasteiger partial charge in [-0.25, -0.2) is 9.37 Å². The number of hydrogen-bond donors (Lipinski definition) is 0. The van der Waals surface area contributed by atoms with Crippen LogP contribution in [0.2, 0.25) is 5.02 Å². The molecule has 5 nitrogen and oxygen atoms in total. The van der Waals surface area contributed by atoms with E-state index in [1.165, 1.54) is 23.8 Å². The minimum atomic E-state index is -0.486. The quantitative estimate of drug-likeness (QED) is 0.198. The molecule has 0 radical (unpaired) electrons. The Labute approximate surface area is 198 Å². The minimum absolute atomic E-state index is 0.0135. The number of benzene rings is 2. The molecule has 0 N–H and O–H groups in total. The Morgan fingerprint density at radius 3 is 2.91 bits per heavy atom. The van der Waals surface area contributed by atoms with Crippen LogP contribution < -0.4 is 4.74 Å². The highest BCUT2D eigenvalue weighted by atomic mass is 35.5.